The van der Waals surface area contributed by atoms with Gasteiger partial charge in [0.05, 0.1) is 0 Å². The highest BCUT2D eigenvalue weighted by molar-refractivity contribution is 5.48. The van der Waals surface area contributed by atoms with E-state index in [1.165, 1.54) is 12.8 Å². The summed E-state index contributed by atoms with van der Waals surface area (Å²) >= 11 is 0. The van der Waals surface area contributed by atoms with E-state index in [2.05, 4.69) is 28.7 Å². The number of nitrogens with zero attached hydrogens (tertiary/aromatic N) is 3. The zero-order valence-corrected chi connectivity index (χ0v) is 10.1. The lowest BCUT2D eigenvalue weighted by molar-refractivity contribution is 0.720. The van der Waals surface area contributed by atoms with Gasteiger partial charge < -0.3 is 10.6 Å². The average Bonchev–Trinajstić information content (AvgIpc) is 2.64. The van der Waals surface area contributed by atoms with Crippen molar-refractivity contribution in [3.8, 4) is 0 Å². The summed E-state index contributed by atoms with van der Waals surface area (Å²) in [4.78, 5) is 11.2. The molecule has 2 heterocycles. The molecule has 2 rings (SSSR count). The Bertz CT molecular complexity index is 364. The van der Waals surface area contributed by atoms with Crippen molar-refractivity contribution in [3.05, 3.63) is 11.9 Å². The lowest BCUT2D eigenvalue weighted by atomic mass is 10.2. The fourth-order valence-corrected chi connectivity index (χ4v) is 2.26. The molecule has 1 atom stereocenters. The van der Waals surface area contributed by atoms with E-state index >= 15 is 0 Å². The molecule has 1 aliphatic heterocycles. The molecule has 4 heteroatoms. The summed E-state index contributed by atoms with van der Waals surface area (Å²) in [5.41, 5.74) is 5.82. The molecular formula is C12H20N4. The van der Waals surface area contributed by atoms with Crippen LogP contribution in [0.3, 0.4) is 0 Å². The van der Waals surface area contributed by atoms with Crippen molar-refractivity contribution in [2.75, 3.05) is 17.2 Å². The van der Waals surface area contributed by atoms with E-state index in [-0.39, 0.29) is 0 Å². The van der Waals surface area contributed by atoms with Gasteiger partial charge in [0.25, 0.3) is 0 Å². The fourth-order valence-electron chi connectivity index (χ4n) is 2.26. The molecule has 16 heavy (non-hydrogen) atoms. The van der Waals surface area contributed by atoms with Crippen LogP contribution in [0.4, 0.5) is 11.6 Å². The van der Waals surface area contributed by atoms with E-state index < -0.39 is 0 Å². The van der Waals surface area contributed by atoms with E-state index in [0.717, 1.165) is 31.0 Å². The van der Waals surface area contributed by atoms with Crippen molar-refractivity contribution in [1.82, 2.24) is 9.97 Å². The molecule has 1 aromatic heterocycles. The van der Waals surface area contributed by atoms with Crippen LogP contribution >= 0.6 is 0 Å². The van der Waals surface area contributed by atoms with Crippen LogP contribution in [0.5, 0.6) is 0 Å². The molecule has 1 unspecified atom stereocenters. The first-order valence-corrected chi connectivity index (χ1v) is 6.10. The van der Waals surface area contributed by atoms with Gasteiger partial charge in [-0.2, -0.15) is 0 Å². The second kappa shape index (κ2) is 4.68. The molecule has 1 saturated heterocycles. The summed E-state index contributed by atoms with van der Waals surface area (Å²) in [6.45, 7) is 5.46. The van der Waals surface area contributed by atoms with Gasteiger partial charge in [-0.3, -0.25) is 0 Å². The minimum Gasteiger partial charge on any atom is -0.384 e. The Morgan fingerprint density at radius 2 is 2.31 bits per heavy atom. The molecule has 2 N–H and O–H groups in total. The molecule has 1 aromatic rings. The molecule has 1 aliphatic rings. The van der Waals surface area contributed by atoms with Crippen molar-refractivity contribution in [3.63, 3.8) is 0 Å². The first-order chi connectivity index (χ1) is 7.70. The van der Waals surface area contributed by atoms with Crippen molar-refractivity contribution >= 4 is 11.6 Å². The van der Waals surface area contributed by atoms with Gasteiger partial charge in [0.2, 0.25) is 0 Å². The van der Waals surface area contributed by atoms with Crippen LogP contribution in [-0.4, -0.2) is 22.6 Å². The zero-order chi connectivity index (χ0) is 11.5. The molecule has 4 nitrogen and oxygen atoms in total. The number of hydrogen-bond donors (Lipinski definition) is 1. The fraction of sp³-hybridized carbons (Fsp3) is 0.667. The van der Waals surface area contributed by atoms with Gasteiger partial charge in [-0.15, -0.1) is 0 Å². The van der Waals surface area contributed by atoms with Gasteiger partial charge in [0.15, 0.2) is 0 Å². The standard InChI is InChI=1S/C12H20N4/c1-3-5-11-14-10(13)8-12(15-11)16-7-4-6-9(16)2/h8-9H,3-7H2,1-2H3,(H2,13,14,15). The van der Waals surface area contributed by atoms with E-state index in [9.17, 15) is 0 Å². The van der Waals surface area contributed by atoms with Gasteiger partial charge in [-0.1, -0.05) is 6.92 Å². The van der Waals surface area contributed by atoms with Gasteiger partial charge >= 0.3 is 0 Å². The number of anilines is 2. The monoisotopic (exact) mass is 220 g/mol. The minimum atomic E-state index is 0.573. The Kier molecular flexibility index (Phi) is 3.27. The highest BCUT2D eigenvalue weighted by Crippen LogP contribution is 2.24. The Hall–Kier alpha value is -1.32. The molecule has 0 aliphatic carbocycles. The molecular weight excluding hydrogens is 200 g/mol. The third-order valence-corrected chi connectivity index (χ3v) is 3.10. The number of hydrogen-bond acceptors (Lipinski definition) is 4. The molecule has 0 radical (unpaired) electrons. The first kappa shape index (κ1) is 11.2. The Balaban J connectivity index is 2.25. The summed E-state index contributed by atoms with van der Waals surface area (Å²) in [6, 6.07) is 2.46. The van der Waals surface area contributed by atoms with E-state index in [1.807, 2.05) is 6.07 Å². The summed E-state index contributed by atoms with van der Waals surface area (Å²) in [7, 11) is 0. The maximum atomic E-state index is 5.82. The van der Waals surface area contributed by atoms with E-state index in [0.29, 0.717) is 11.9 Å². The van der Waals surface area contributed by atoms with Crippen molar-refractivity contribution in [2.24, 2.45) is 0 Å². The van der Waals surface area contributed by atoms with Crippen LogP contribution in [0, 0.1) is 0 Å². The topological polar surface area (TPSA) is 55.0 Å². The number of aryl methyl sites for hydroxylation is 1. The largest absolute Gasteiger partial charge is 0.384 e. The van der Waals surface area contributed by atoms with Crippen LogP contribution in [0.25, 0.3) is 0 Å². The quantitative estimate of drug-likeness (QED) is 0.846. The van der Waals surface area contributed by atoms with Gasteiger partial charge in [0, 0.05) is 25.1 Å². The highest BCUT2D eigenvalue weighted by atomic mass is 15.2. The molecule has 0 aromatic carbocycles. The summed E-state index contributed by atoms with van der Waals surface area (Å²) < 4.78 is 0. The third-order valence-electron chi connectivity index (χ3n) is 3.10. The predicted octanol–water partition coefficient (Wildman–Crippen LogP) is 2.00. The third kappa shape index (κ3) is 2.26. The first-order valence-electron chi connectivity index (χ1n) is 6.10. The SMILES string of the molecule is CCCc1nc(N)cc(N2CCCC2C)n1. The minimum absolute atomic E-state index is 0.573. The van der Waals surface area contributed by atoms with E-state index in [1.54, 1.807) is 0 Å². The normalized spacial score (nSPS) is 20.4. The Morgan fingerprint density at radius 1 is 1.50 bits per heavy atom. The molecule has 1 fully saturated rings. The van der Waals surface area contributed by atoms with E-state index in [4.69, 9.17) is 5.73 Å². The summed E-state index contributed by atoms with van der Waals surface area (Å²) in [6.07, 6.45) is 4.44. The predicted molar refractivity (Wildman–Crippen MR) is 66.5 cm³/mol. The molecule has 0 amide bonds. The number of rotatable bonds is 3. The summed E-state index contributed by atoms with van der Waals surface area (Å²) in [5, 5.41) is 0. The van der Waals surface area contributed by atoms with Crippen molar-refractivity contribution in [1.29, 1.82) is 0 Å². The van der Waals surface area contributed by atoms with Crippen LogP contribution < -0.4 is 10.6 Å². The van der Waals surface area contributed by atoms with Crippen LogP contribution in [0.2, 0.25) is 0 Å². The lowest BCUT2D eigenvalue weighted by Crippen LogP contribution is -2.27. The molecule has 0 saturated carbocycles. The Labute approximate surface area is 96.9 Å². The average molecular weight is 220 g/mol. The van der Waals surface area contributed by atoms with Crippen LogP contribution in [-0.2, 0) is 6.42 Å². The van der Waals surface area contributed by atoms with Crippen LogP contribution in [0.1, 0.15) is 38.9 Å². The Morgan fingerprint density at radius 3 is 2.94 bits per heavy atom. The number of nitrogen functional groups attached to an aromatic ring is 1. The summed E-state index contributed by atoms with van der Waals surface area (Å²) in [5.74, 6) is 2.46. The van der Waals surface area contributed by atoms with Gasteiger partial charge in [0.1, 0.15) is 17.5 Å². The molecule has 88 valence electrons. The second-order valence-electron chi connectivity index (χ2n) is 4.50. The smallest absolute Gasteiger partial charge is 0.134 e. The van der Waals surface area contributed by atoms with Gasteiger partial charge in [-0.05, 0) is 26.2 Å². The maximum Gasteiger partial charge on any atom is 0.134 e. The van der Waals surface area contributed by atoms with Gasteiger partial charge in [-0.25, -0.2) is 9.97 Å². The van der Waals surface area contributed by atoms with Crippen LogP contribution in [0.15, 0.2) is 6.07 Å². The second-order valence-corrected chi connectivity index (χ2v) is 4.50. The molecule has 0 spiro atoms. The zero-order valence-electron chi connectivity index (χ0n) is 10.1. The molecule has 0 bridgehead atoms. The van der Waals surface area contributed by atoms with Crippen molar-refractivity contribution in [2.45, 2.75) is 45.6 Å². The van der Waals surface area contributed by atoms with Crippen molar-refractivity contribution < 1.29 is 0 Å². The lowest BCUT2D eigenvalue weighted by Gasteiger charge is -2.23. The highest BCUT2D eigenvalue weighted by Gasteiger charge is 2.22. The number of nitrogens with two attached hydrogens (primary N) is 1. The maximum absolute atomic E-state index is 5.82. The number of aromatic nitrogens is 2.